The quantitative estimate of drug-likeness (QED) is 0.199. The number of carbonyl (C=O) groups is 5. The van der Waals surface area contributed by atoms with Gasteiger partial charge in [-0.3, -0.25) is 4.79 Å². The molecule has 0 aliphatic carbocycles. The number of rotatable bonds is 16. The molecule has 0 radical (unpaired) electrons. The van der Waals surface area contributed by atoms with Gasteiger partial charge in [-0.15, -0.1) is 0 Å². The number of unbranched alkanes of at least 4 members (excludes halogenated alkanes) is 11. The molecule has 2 rings (SSSR count). The topological polar surface area (TPSA) is 124 Å². The molecule has 0 saturated heterocycles. The molecular formula is C25H34O8. The lowest BCUT2D eigenvalue weighted by Crippen LogP contribution is -2.25. The van der Waals surface area contributed by atoms with Crippen LogP contribution in [0.15, 0.2) is 22.3 Å². The molecule has 2 heterocycles. The van der Waals surface area contributed by atoms with Crippen molar-refractivity contribution in [2.75, 3.05) is 0 Å². The van der Waals surface area contributed by atoms with E-state index in [-0.39, 0.29) is 17.6 Å². The number of ether oxygens (including phenoxy) is 2. The highest BCUT2D eigenvalue weighted by Crippen LogP contribution is 2.24. The first kappa shape index (κ1) is 26.5. The minimum absolute atomic E-state index is 0.125. The van der Waals surface area contributed by atoms with E-state index in [9.17, 15) is 29.1 Å². The SMILES string of the molecule is CC1=C(CCCCCCCCCCCCCCC2=C(C(=O)O)CC(=O)OC2=O)C(=O)OC1=O. The summed E-state index contributed by atoms with van der Waals surface area (Å²) in [7, 11) is 0. The summed E-state index contributed by atoms with van der Waals surface area (Å²) in [5.74, 6) is -3.83. The Balaban J connectivity index is 1.43. The fourth-order valence-corrected chi connectivity index (χ4v) is 4.19. The standard InChI is InChI=1S/C25H34O8/c1-17-18(24(30)33-23(17)29)14-12-10-8-6-4-2-3-5-7-9-11-13-15-19-20(22(27)28)16-21(26)32-25(19)31/h2-16H2,1H3,(H,27,28). The van der Waals surface area contributed by atoms with Crippen molar-refractivity contribution in [3.63, 3.8) is 0 Å². The van der Waals surface area contributed by atoms with Crippen molar-refractivity contribution >= 4 is 29.8 Å². The van der Waals surface area contributed by atoms with Gasteiger partial charge in [0.2, 0.25) is 0 Å². The van der Waals surface area contributed by atoms with Crippen LogP contribution in [0.2, 0.25) is 0 Å². The predicted octanol–water partition coefficient (Wildman–Crippen LogP) is 4.70. The maximum atomic E-state index is 11.8. The number of hydrogen-bond acceptors (Lipinski definition) is 7. The smallest absolute Gasteiger partial charge is 0.342 e. The van der Waals surface area contributed by atoms with Gasteiger partial charge < -0.3 is 14.6 Å². The van der Waals surface area contributed by atoms with Gasteiger partial charge in [0.25, 0.3) is 0 Å². The summed E-state index contributed by atoms with van der Waals surface area (Å²) in [6, 6.07) is 0. The zero-order valence-electron chi connectivity index (χ0n) is 19.4. The zero-order valence-corrected chi connectivity index (χ0v) is 19.4. The van der Waals surface area contributed by atoms with Crippen LogP contribution in [0.4, 0.5) is 0 Å². The van der Waals surface area contributed by atoms with Crippen molar-refractivity contribution in [1.82, 2.24) is 0 Å². The molecule has 0 spiro atoms. The van der Waals surface area contributed by atoms with E-state index >= 15 is 0 Å². The van der Waals surface area contributed by atoms with E-state index in [1.807, 2.05) is 0 Å². The van der Waals surface area contributed by atoms with Crippen molar-refractivity contribution in [3.05, 3.63) is 22.3 Å². The largest absolute Gasteiger partial charge is 0.478 e. The van der Waals surface area contributed by atoms with E-state index in [2.05, 4.69) is 9.47 Å². The molecule has 182 valence electrons. The molecular weight excluding hydrogens is 428 g/mol. The fraction of sp³-hybridized carbons (Fsp3) is 0.640. The second kappa shape index (κ2) is 13.7. The van der Waals surface area contributed by atoms with Crippen LogP contribution in [0.25, 0.3) is 0 Å². The van der Waals surface area contributed by atoms with E-state index in [0.717, 1.165) is 44.9 Å². The van der Waals surface area contributed by atoms with Gasteiger partial charge in [-0.1, -0.05) is 64.2 Å². The number of hydrogen-bond donors (Lipinski definition) is 1. The highest BCUT2D eigenvalue weighted by atomic mass is 16.6. The predicted molar refractivity (Wildman–Crippen MR) is 119 cm³/mol. The molecule has 33 heavy (non-hydrogen) atoms. The first-order valence-electron chi connectivity index (χ1n) is 12.0. The highest BCUT2D eigenvalue weighted by molar-refractivity contribution is 6.12. The van der Waals surface area contributed by atoms with Crippen LogP contribution in [0.5, 0.6) is 0 Å². The summed E-state index contributed by atoms with van der Waals surface area (Å²) < 4.78 is 9.14. The summed E-state index contributed by atoms with van der Waals surface area (Å²) in [5, 5.41) is 9.17. The molecule has 0 saturated carbocycles. The molecule has 8 nitrogen and oxygen atoms in total. The molecule has 0 fully saturated rings. The number of carboxylic acid groups (broad SMARTS) is 1. The van der Waals surface area contributed by atoms with Gasteiger partial charge in [0.05, 0.1) is 12.0 Å². The Hall–Kier alpha value is -2.77. The highest BCUT2D eigenvalue weighted by Gasteiger charge is 2.31. The van der Waals surface area contributed by atoms with Crippen LogP contribution in [-0.4, -0.2) is 35.0 Å². The summed E-state index contributed by atoms with van der Waals surface area (Å²) >= 11 is 0. The maximum absolute atomic E-state index is 11.8. The normalized spacial score (nSPS) is 16.5. The molecule has 0 atom stereocenters. The van der Waals surface area contributed by atoms with Crippen molar-refractivity contribution < 1.29 is 38.6 Å². The lowest BCUT2D eigenvalue weighted by Gasteiger charge is -2.15. The Morgan fingerprint density at radius 2 is 1.09 bits per heavy atom. The van der Waals surface area contributed by atoms with Gasteiger partial charge >= 0.3 is 29.8 Å². The average molecular weight is 463 g/mol. The second-order valence-electron chi connectivity index (χ2n) is 8.72. The molecule has 0 bridgehead atoms. The fourth-order valence-electron chi connectivity index (χ4n) is 4.19. The first-order valence-corrected chi connectivity index (χ1v) is 12.0. The molecule has 8 heteroatoms. The molecule has 2 aliphatic heterocycles. The van der Waals surface area contributed by atoms with Crippen molar-refractivity contribution in [2.24, 2.45) is 0 Å². The van der Waals surface area contributed by atoms with Crippen molar-refractivity contribution in [2.45, 2.75) is 103 Å². The Labute approximate surface area is 194 Å². The Kier molecular flexibility index (Phi) is 11.0. The van der Waals surface area contributed by atoms with Gasteiger partial charge in [-0.2, -0.15) is 0 Å². The number of cyclic esters (lactones) is 4. The van der Waals surface area contributed by atoms with Crippen LogP contribution < -0.4 is 0 Å². The molecule has 0 aromatic carbocycles. The van der Waals surface area contributed by atoms with Crippen molar-refractivity contribution in [3.8, 4) is 0 Å². The maximum Gasteiger partial charge on any atom is 0.342 e. The lowest BCUT2D eigenvalue weighted by atomic mass is 9.97. The molecule has 0 amide bonds. The number of aliphatic carboxylic acids is 1. The van der Waals surface area contributed by atoms with Gasteiger partial charge in [-0.25, -0.2) is 19.2 Å². The molecule has 0 aromatic heterocycles. The van der Waals surface area contributed by atoms with Gasteiger partial charge in [0.1, 0.15) is 0 Å². The van der Waals surface area contributed by atoms with Gasteiger partial charge in [-0.05, 0) is 32.6 Å². The van der Waals surface area contributed by atoms with E-state index in [4.69, 9.17) is 0 Å². The lowest BCUT2D eigenvalue weighted by molar-refractivity contribution is -0.159. The third-order valence-corrected chi connectivity index (χ3v) is 6.19. The third-order valence-electron chi connectivity index (χ3n) is 6.19. The summed E-state index contributed by atoms with van der Waals surface area (Å²) in [5.41, 5.74) is 0.994. The van der Waals surface area contributed by atoms with Crippen LogP contribution in [0.1, 0.15) is 103 Å². The van der Waals surface area contributed by atoms with Crippen LogP contribution in [0.3, 0.4) is 0 Å². The number of carboxylic acids is 1. The van der Waals surface area contributed by atoms with Gasteiger partial charge in [0.15, 0.2) is 0 Å². The average Bonchev–Trinajstić information content (AvgIpc) is 3.00. The summed E-state index contributed by atoms with van der Waals surface area (Å²) in [4.78, 5) is 57.1. The monoisotopic (exact) mass is 462 g/mol. The Bertz CT molecular complexity index is 833. The molecule has 2 aliphatic rings. The molecule has 0 unspecified atom stereocenters. The van der Waals surface area contributed by atoms with E-state index in [0.29, 0.717) is 30.4 Å². The van der Waals surface area contributed by atoms with Crippen LogP contribution >= 0.6 is 0 Å². The molecule has 1 N–H and O–H groups in total. The first-order chi connectivity index (χ1) is 15.8. The Morgan fingerprint density at radius 3 is 1.52 bits per heavy atom. The minimum Gasteiger partial charge on any atom is -0.478 e. The molecule has 0 aromatic rings. The van der Waals surface area contributed by atoms with E-state index in [1.165, 1.54) is 25.7 Å². The van der Waals surface area contributed by atoms with Crippen LogP contribution in [0, 0.1) is 0 Å². The number of carbonyl (C=O) groups excluding carboxylic acids is 4. The van der Waals surface area contributed by atoms with E-state index < -0.39 is 29.8 Å². The summed E-state index contributed by atoms with van der Waals surface area (Å²) in [6.45, 7) is 1.64. The number of esters is 4. The third kappa shape index (κ3) is 8.59. The summed E-state index contributed by atoms with van der Waals surface area (Å²) in [6.07, 6.45) is 13.3. The minimum atomic E-state index is -1.22. The van der Waals surface area contributed by atoms with Gasteiger partial charge in [0, 0.05) is 16.7 Å². The second-order valence-corrected chi connectivity index (χ2v) is 8.72. The Morgan fingerprint density at radius 1 is 0.667 bits per heavy atom. The van der Waals surface area contributed by atoms with E-state index in [1.54, 1.807) is 6.92 Å². The zero-order chi connectivity index (χ0) is 24.2. The van der Waals surface area contributed by atoms with Crippen LogP contribution in [-0.2, 0) is 33.4 Å². The van der Waals surface area contributed by atoms with Crippen molar-refractivity contribution in [1.29, 1.82) is 0 Å².